The molecule has 0 fully saturated rings. The molecule has 0 atom stereocenters. The Bertz CT molecular complexity index is 621. The van der Waals surface area contributed by atoms with Crippen molar-refractivity contribution in [1.29, 1.82) is 0 Å². The minimum Gasteiger partial charge on any atom is -0.507 e. The molecule has 0 unspecified atom stereocenters. The molecule has 2 rings (SSSR count). The number of fused-ring (bicyclic) bond motifs is 1. The first kappa shape index (κ1) is 12.1. The monoisotopic (exact) mass is 245 g/mol. The Hall–Kier alpha value is -2.40. The Morgan fingerprint density at radius 3 is 2.33 bits per heavy atom. The van der Waals surface area contributed by atoms with E-state index in [0.717, 1.165) is 10.8 Å². The van der Waals surface area contributed by atoms with Crippen LogP contribution in [0.15, 0.2) is 36.4 Å². The van der Waals surface area contributed by atoms with Crippen LogP contribution in [0, 0.1) is 0 Å². The highest BCUT2D eigenvalue weighted by atomic mass is 16.3. The number of phenolic OH excluding ortho intramolecular Hbond substituents is 1. The number of aromatic hydroxyl groups is 1. The zero-order valence-corrected chi connectivity index (χ0v) is 9.38. The normalized spacial score (nSPS) is 10.3. The molecule has 18 heavy (non-hydrogen) atoms. The highest BCUT2D eigenvalue weighted by Crippen LogP contribution is 2.24. The number of hydrogen-bond donors (Lipinski definition) is 3. The molecule has 0 bridgehead atoms. The summed E-state index contributed by atoms with van der Waals surface area (Å²) in [6, 6.07) is 10.2. The number of benzene rings is 2. The van der Waals surface area contributed by atoms with Crippen LogP contribution in [-0.4, -0.2) is 28.6 Å². The quantitative estimate of drug-likeness (QED) is 0.730. The maximum atomic E-state index is 11.7. The number of aliphatic hydroxyl groups is 1. The highest BCUT2D eigenvalue weighted by molar-refractivity contribution is 6.08. The van der Waals surface area contributed by atoms with Gasteiger partial charge in [0.2, 0.25) is 0 Å². The van der Waals surface area contributed by atoms with Crippen LogP contribution in [0.1, 0.15) is 10.4 Å². The summed E-state index contributed by atoms with van der Waals surface area (Å²) in [7, 11) is 0. The molecule has 3 N–H and O–H groups in total. The van der Waals surface area contributed by atoms with Crippen molar-refractivity contribution in [1.82, 2.24) is 5.32 Å². The van der Waals surface area contributed by atoms with Crippen LogP contribution >= 0.6 is 0 Å². The summed E-state index contributed by atoms with van der Waals surface area (Å²) in [4.78, 5) is 22.6. The molecule has 0 aliphatic carbocycles. The molecule has 92 valence electrons. The van der Waals surface area contributed by atoms with E-state index < -0.39 is 18.4 Å². The summed E-state index contributed by atoms with van der Waals surface area (Å²) in [5.74, 6) is -1.76. The lowest BCUT2D eigenvalue weighted by Crippen LogP contribution is -2.32. The summed E-state index contributed by atoms with van der Waals surface area (Å²) < 4.78 is 0. The number of carbonyl (C=O) groups is 2. The van der Waals surface area contributed by atoms with Gasteiger partial charge in [0.05, 0.1) is 5.56 Å². The Morgan fingerprint density at radius 1 is 1.11 bits per heavy atom. The van der Waals surface area contributed by atoms with E-state index in [1.54, 1.807) is 18.2 Å². The molecule has 2 amide bonds. The molecule has 2 aromatic carbocycles. The van der Waals surface area contributed by atoms with Gasteiger partial charge in [-0.1, -0.05) is 24.3 Å². The van der Waals surface area contributed by atoms with E-state index in [9.17, 15) is 14.7 Å². The van der Waals surface area contributed by atoms with Crippen molar-refractivity contribution in [2.45, 2.75) is 0 Å². The maximum absolute atomic E-state index is 11.7. The number of hydrogen-bond acceptors (Lipinski definition) is 4. The van der Waals surface area contributed by atoms with Crippen molar-refractivity contribution in [3.05, 3.63) is 42.0 Å². The molecule has 5 heteroatoms. The molecule has 2 aromatic rings. The van der Waals surface area contributed by atoms with Gasteiger partial charge in [0.1, 0.15) is 12.4 Å². The first-order chi connectivity index (χ1) is 8.61. The van der Waals surface area contributed by atoms with Crippen molar-refractivity contribution in [2.24, 2.45) is 0 Å². The van der Waals surface area contributed by atoms with Crippen molar-refractivity contribution in [2.75, 3.05) is 6.61 Å². The Kier molecular flexibility index (Phi) is 3.25. The van der Waals surface area contributed by atoms with Crippen molar-refractivity contribution >= 4 is 22.6 Å². The third-order valence-electron chi connectivity index (χ3n) is 2.51. The van der Waals surface area contributed by atoms with E-state index in [4.69, 9.17) is 5.11 Å². The molecule has 0 aromatic heterocycles. The molecule has 5 nitrogen and oxygen atoms in total. The highest BCUT2D eigenvalue weighted by Gasteiger charge is 2.14. The smallest absolute Gasteiger partial charge is 0.261 e. The average Bonchev–Trinajstić information content (AvgIpc) is 2.37. The molecular formula is C13H11NO4. The van der Waals surface area contributed by atoms with Crippen LogP contribution < -0.4 is 5.32 Å². The molecule has 0 saturated heterocycles. The van der Waals surface area contributed by atoms with E-state index in [0.29, 0.717) is 0 Å². The number of aliphatic hydroxyl groups excluding tert-OH is 1. The van der Waals surface area contributed by atoms with Crippen LogP contribution in [0.4, 0.5) is 0 Å². The number of rotatable bonds is 2. The molecular weight excluding hydrogens is 234 g/mol. The summed E-state index contributed by atoms with van der Waals surface area (Å²) in [5.41, 5.74) is -0.00417. The summed E-state index contributed by atoms with van der Waals surface area (Å²) in [5, 5.41) is 21.8. The van der Waals surface area contributed by atoms with Crippen molar-refractivity contribution in [3.8, 4) is 5.75 Å². The third kappa shape index (κ3) is 2.31. The van der Waals surface area contributed by atoms with Gasteiger partial charge in [0.15, 0.2) is 0 Å². The van der Waals surface area contributed by atoms with Crippen LogP contribution in [0.2, 0.25) is 0 Å². The standard InChI is InChI=1S/C13H11NO4/c15-7-12(17)14-13(18)10-5-8-3-1-2-4-9(8)6-11(10)16/h1-6,15-16H,7H2,(H,14,17,18). The van der Waals surface area contributed by atoms with Gasteiger partial charge in [0, 0.05) is 0 Å². The molecule has 0 aliphatic heterocycles. The van der Waals surface area contributed by atoms with Gasteiger partial charge in [-0.25, -0.2) is 0 Å². The van der Waals surface area contributed by atoms with E-state index in [1.165, 1.54) is 12.1 Å². The number of carbonyl (C=O) groups excluding carboxylic acids is 2. The summed E-state index contributed by atoms with van der Waals surface area (Å²) in [6.07, 6.45) is 0. The topological polar surface area (TPSA) is 86.6 Å². The van der Waals surface area contributed by atoms with Gasteiger partial charge >= 0.3 is 0 Å². The molecule has 0 saturated carbocycles. The lowest BCUT2D eigenvalue weighted by atomic mass is 10.1. The molecule has 0 spiro atoms. The zero-order valence-electron chi connectivity index (χ0n) is 9.38. The fourth-order valence-electron chi connectivity index (χ4n) is 1.64. The predicted octanol–water partition coefficient (Wildman–Crippen LogP) is 0.794. The number of imide groups is 1. The van der Waals surface area contributed by atoms with Crippen LogP contribution in [0.3, 0.4) is 0 Å². The number of nitrogens with one attached hydrogen (secondary N) is 1. The lowest BCUT2D eigenvalue weighted by molar-refractivity contribution is -0.122. The maximum Gasteiger partial charge on any atom is 0.261 e. The van der Waals surface area contributed by atoms with E-state index >= 15 is 0 Å². The molecule has 0 aliphatic rings. The van der Waals surface area contributed by atoms with E-state index in [-0.39, 0.29) is 11.3 Å². The van der Waals surface area contributed by atoms with Gasteiger partial charge in [-0.2, -0.15) is 0 Å². The van der Waals surface area contributed by atoms with Crippen LogP contribution in [-0.2, 0) is 4.79 Å². The van der Waals surface area contributed by atoms with Crippen molar-refractivity contribution < 1.29 is 19.8 Å². The van der Waals surface area contributed by atoms with Crippen molar-refractivity contribution in [3.63, 3.8) is 0 Å². The van der Waals surface area contributed by atoms with E-state index in [2.05, 4.69) is 0 Å². The van der Waals surface area contributed by atoms with Gasteiger partial charge in [-0.15, -0.1) is 0 Å². The van der Waals surface area contributed by atoms with Gasteiger partial charge in [0.25, 0.3) is 11.8 Å². The van der Waals surface area contributed by atoms with Crippen LogP contribution in [0.5, 0.6) is 5.75 Å². The zero-order chi connectivity index (χ0) is 13.1. The third-order valence-corrected chi connectivity index (χ3v) is 2.51. The average molecular weight is 245 g/mol. The van der Waals surface area contributed by atoms with Gasteiger partial charge < -0.3 is 10.2 Å². The summed E-state index contributed by atoms with van der Waals surface area (Å²) in [6.45, 7) is -0.778. The first-order valence-corrected chi connectivity index (χ1v) is 5.28. The molecule has 0 heterocycles. The number of amides is 2. The minimum atomic E-state index is -0.812. The second-order valence-corrected chi connectivity index (χ2v) is 3.75. The van der Waals surface area contributed by atoms with Crippen LogP contribution in [0.25, 0.3) is 10.8 Å². The minimum absolute atomic E-state index is 0.00417. The second-order valence-electron chi connectivity index (χ2n) is 3.75. The second kappa shape index (κ2) is 4.85. The SMILES string of the molecule is O=C(CO)NC(=O)c1cc2ccccc2cc1O. The number of phenols is 1. The fraction of sp³-hybridized carbons (Fsp3) is 0.0769. The Balaban J connectivity index is 2.41. The molecule has 0 radical (unpaired) electrons. The Labute approximate surface area is 103 Å². The van der Waals surface area contributed by atoms with Gasteiger partial charge in [-0.3, -0.25) is 14.9 Å². The lowest BCUT2D eigenvalue weighted by Gasteiger charge is -2.06. The van der Waals surface area contributed by atoms with Gasteiger partial charge in [-0.05, 0) is 22.9 Å². The summed E-state index contributed by atoms with van der Waals surface area (Å²) >= 11 is 0. The van der Waals surface area contributed by atoms with E-state index in [1.807, 2.05) is 11.4 Å². The largest absolute Gasteiger partial charge is 0.507 e. The first-order valence-electron chi connectivity index (χ1n) is 5.28. The Morgan fingerprint density at radius 2 is 1.72 bits per heavy atom. The fourth-order valence-corrected chi connectivity index (χ4v) is 1.64. The predicted molar refractivity (Wildman–Crippen MR) is 65.2 cm³/mol.